The van der Waals surface area contributed by atoms with Crippen LogP contribution in [0.2, 0.25) is 10.0 Å². The van der Waals surface area contributed by atoms with Crippen LogP contribution in [0, 0.1) is 0 Å². The van der Waals surface area contributed by atoms with Crippen molar-refractivity contribution < 1.29 is 4.79 Å². The molecular weight excluding hydrogens is 295 g/mol. The van der Waals surface area contributed by atoms with Crippen LogP contribution in [0.25, 0.3) is 6.08 Å². The highest BCUT2D eigenvalue weighted by molar-refractivity contribution is 6.31. The maximum Gasteiger partial charge on any atom is 0.323 e. The molecule has 0 fully saturated rings. The largest absolute Gasteiger partial charge is 0.323 e. The van der Waals surface area contributed by atoms with E-state index in [1.165, 1.54) is 0 Å². The third-order valence-electron chi connectivity index (χ3n) is 2.44. The fourth-order valence-corrected chi connectivity index (χ4v) is 1.84. The first kappa shape index (κ1) is 14.4. The number of urea groups is 1. The quantitative estimate of drug-likeness (QED) is 0.841. The molecule has 2 amide bonds. The van der Waals surface area contributed by atoms with E-state index in [2.05, 4.69) is 10.6 Å². The van der Waals surface area contributed by atoms with E-state index in [1.54, 1.807) is 48.7 Å². The number of carbonyl (C=O) groups is 1. The molecule has 0 radical (unpaired) electrons. The van der Waals surface area contributed by atoms with Gasteiger partial charge in [0.25, 0.3) is 0 Å². The Bertz CT molecular complexity index is 624. The van der Waals surface area contributed by atoms with Crippen molar-refractivity contribution in [1.29, 1.82) is 0 Å². The smallest absolute Gasteiger partial charge is 0.314 e. The third kappa shape index (κ3) is 4.61. The Labute approximate surface area is 127 Å². The van der Waals surface area contributed by atoms with Crippen molar-refractivity contribution in [2.45, 2.75) is 0 Å². The minimum Gasteiger partial charge on any atom is -0.314 e. The van der Waals surface area contributed by atoms with E-state index < -0.39 is 0 Å². The van der Waals surface area contributed by atoms with Gasteiger partial charge in [0.1, 0.15) is 0 Å². The first-order valence-corrected chi connectivity index (χ1v) is 6.64. The number of nitrogens with one attached hydrogen (secondary N) is 2. The maximum absolute atomic E-state index is 11.6. The molecule has 0 heterocycles. The number of hydrogen-bond acceptors (Lipinski definition) is 1. The minimum atomic E-state index is -0.336. The number of benzene rings is 2. The second-order valence-corrected chi connectivity index (χ2v) is 4.87. The zero-order valence-corrected chi connectivity index (χ0v) is 11.9. The number of amides is 2. The summed E-state index contributed by atoms with van der Waals surface area (Å²) < 4.78 is 0. The topological polar surface area (TPSA) is 41.1 Å². The zero-order valence-electron chi connectivity index (χ0n) is 10.4. The first-order chi connectivity index (χ1) is 9.63. The molecule has 0 saturated carbocycles. The van der Waals surface area contributed by atoms with Gasteiger partial charge in [-0.2, -0.15) is 0 Å². The SMILES string of the molecule is O=C(N/C=C/c1ccc(Cl)cc1)Nc1cccc(Cl)c1. The summed E-state index contributed by atoms with van der Waals surface area (Å²) in [7, 11) is 0. The molecule has 3 nitrogen and oxygen atoms in total. The Morgan fingerprint density at radius 1 is 1.00 bits per heavy atom. The van der Waals surface area contributed by atoms with E-state index in [9.17, 15) is 4.79 Å². The van der Waals surface area contributed by atoms with Crippen molar-refractivity contribution in [3.8, 4) is 0 Å². The van der Waals surface area contributed by atoms with Gasteiger partial charge in [-0.25, -0.2) is 4.79 Å². The Balaban J connectivity index is 1.87. The molecule has 2 rings (SSSR count). The molecule has 0 bridgehead atoms. The van der Waals surface area contributed by atoms with Gasteiger partial charge < -0.3 is 10.6 Å². The molecule has 2 aromatic rings. The van der Waals surface area contributed by atoms with Crippen molar-refractivity contribution in [3.63, 3.8) is 0 Å². The summed E-state index contributed by atoms with van der Waals surface area (Å²) in [6.07, 6.45) is 3.33. The van der Waals surface area contributed by atoms with Crippen LogP contribution < -0.4 is 10.6 Å². The predicted octanol–water partition coefficient (Wildman–Crippen LogP) is 4.79. The molecule has 0 saturated heterocycles. The summed E-state index contributed by atoms with van der Waals surface area (Å²) in [5.41, 5.74) is 1.58. The molecule has 5 heteroatoms. The first-order valence-electron chi connectivity index (χ1n) is 5.89. The van der Waals surface area contributed by atoms with Crippen LogP contribution in [0.1, 0.15) is 5.56 Å². The van der Waals surface area contributed by atoms with Gasteiger partial charge in [0.15, 0.2) is 0 Å². The van der Waals surface area contributed by atoms with Crippen LogP contribution in [-0.4, -0.2) is 6.03 Å². The molecule has 20 heavy (non-hydrogen) atoms. The van der Waals surface area contributed by atoms with Crippen LogP contribution >= 0.6 is 23.2 Å². The highest BCUT2D eigenvalue weighted by atomic mass is 35.5. The summed E-state index contributed by atoms with van der Waals surface area (Å²) in [5.74, 6) is 0. The van der Waals surface area contributed by atoms with E-state index in [0.29, 0.717) is 15.7 Å². The summed E-state index contributed by atoms with van der Waals surface area (Å²) in [5, 5.41) is 6.52. The number of anilines is 1. The normalized spacial score (nSPS) is 10.5. The molecule has 2 aromatic carbocycles. The molecule has 0 aliphatic rings. The molecule has 2 N–H and O–H groups in total. The second kappa shape index (κ2) is 6.98. The average molecular weight is 307 g/mol. The monoisotopic (exact) mass is 306 g/mol. The van der Waals surface area contributed by atoms with E-state index in [-0.39, 0.29) is 6.03 Å². The molecule has 0 spiro atoms. The highest BCUT2D eigenvalue weighted by Crippen LogP contribution is 2.14. The summed E-state index contributed by atoms with van der Waals surface area (Å²) in [4.78, 5) is 11.6. The number of carbonyl (C=O) groups excluding carboxylic acids is 1. The standard InChI is InChI=1S/C15H12Cl2N2O/c16-12-6-4-11(5-7-12)8-9-18-15(20)19-14-3-1-2-13(17)10-14/h1-10H,(H2,18,19,20)/b9-8+. The predicted molar refractivity (Wildman–Crippen MR) is 84.1 cm³/mol. The lowest BCUT2D eigenvalue weighted by Crippen LogP contribution is -2.23. The van der Waals surface area contributed by atoms with Crippen molar-refractivity contribution in [1.82, 2.24) is 5.32 Å². The van der Waals surface area contributed by atoms with Crippen LogP contribution in [0.3, 0.4) is 0 Å². The van der Waals surface area contributed by atoms with Crippen LogP contribution in [0.4, 0.5) is 10.5 Å². The molecule has 102 valence electrons. The van der Waals surface area contributed by atoms with E-state index in [1.807, 2.05) is 12.1 Å². The van der Waals surface area contributed by atoms with Gasteiger partial charge in [0.2, 0.25) is 0 Å². The minimum absolute atomic E-state index is 0.336. The zero-order chi connectivity index (χ0) is 14.4. The molecule has 0 aromatic heterocycles. The van der Waals surface area contributed by atoms with Gasteiger partial charge >= 0.3 is 6.03 Å². The average Bonchev–Trinajstić information content (AvgIpc) is 2.41. The van der Waals surface area contributed by atoms with Gasteiger partial charge in [-0.15, -0.1) is 0 Å². The maximum atomic E-state index is 11.6. The van der Waals surface area contributed by atoms with E-state index >= 15 is 0 Å². The van der Waals surface area contributed by atoms with Gasteiger partial charge in [-0.05, 0) is 42.0 Å². The summed E-state index contributed by atoms with van der Waals surface area (Å²) in [6.45, 7) is 0. The number of hydrogen-bond donors (Lipinski definition) is 2. The lowest BCUT2D eigenvalue weighted by atomic mass is 10.2. The van der Waals surface area contributed by atoms with Crippen LogP contribution in [0.15, 0.2) is 54.7 Å². The lowest BCUT2D eigenvalue weighted by Gasteiger charge is -2.04. The Kier molecular flexibility index (Phi) is 5.04. The van der Waals surface area contributed by atoms with Crippen molar-refractivity contribution in [2.75, 3.05) is 5.32 Å². The lowest BCUT2D eigenvalue weighted by molar-refractivity contribution is 0.255. The summed E-state index contributed by atoms with van der Waals surface area (Å²) in [6, 6.07) is 13.9. The molecule has 0 aliphatic heterocycles. The molecule has 0 unspecified atom stereocenters. The summed E-state index contributed by atoms with van der Waals surface area (Å²) >= 11 is 11.6. The van der Waals surface area contributed by atoms with Crippen molar-refractivity contribution in [3.05, 3.63) is 70.3 Å². The van der Waals surface area contributed by atoms with Gasteiger partial charge in [-0.1, -0.05) is 41.4 Å². The fraction of sp³-hybridized carbons (Fsp3) is 0. The highest BCUT2D eigenvalue weighted by Gasteiger charge is 1.99. The van der Waals surface area contributed by atoms with Crippen molar-refractivity contribution >= 4 is 41.0 Å². The third-order valence-corrected chi connectivity index (χ3v) is 2.93. The Hall–Kier alpha value is -1.97. The van der Waals surface area contributed by atoms with E-state index in [0.717, 1.165) is 5.56 Å². The number of halogens is 2. The molecular formula is C15H12Cl2N2O. The van der Waals surface area contributed by atoms with Crippen LogP contribution in [-0.2, 0) is 0 Å². The number of rotatable bonds is 3. The van der Waals surface area contributed by atoms with Crippen LogP contribution in [0.5, 0.6) is 0 Å². The second-order valence-electron chi connectivity index (χ2n) is 3.99. The Morgan fingerprint density at radius 2 is 1.75 bits per heavy atom. The van der Waals surface area contributed by atoms with Crippen molar-refractivity contribution in [2.24, 2.45) is 0 Å². The fourth-order valence-electron chi connectivity index (χ4n) is 1.52. The Morgan fingerprint density at radius 3 is 2.45 bits per heavy atom. The van der Waals surface area contributed by atoms with E-state index in [4.69, 9.17) is 23.2 Å². The molecule has 0 atom stereocenters. The van der Waals surface area contributed by atoms with Gasteiger partial charge in [0.05, 0.1) is 0 Å². The molecule has 0 aliphatic carbocycles. The van der Waals surface area contributed by atoms with Gasteiger partial charge in [0, 0.05) is 21.9 Å². The van der Waals surface area contributed by atoms with Gasteiger partial charge in [-0.3, -0.25) is 0 Å².